The van der Waals surface area contributed by atoms with E-state index < -0.39 is 5.91 Å². The molecule has 0 fully saturated rings. The molecule has 2 aromatic carbocycles. The average Bonchev–Trinajstić information content (AvgIpc) is 2.92. The predicted molar refractivity (Wildman–Crippen MR) is 102 cm³/mol. The molecular weight excluding hydrogens is 348 g/mol. The fourth-order valence-electron chi connectivity index (χ4n) is 2.94. The van der Waals surface area contributed by atoms with Crippen LogP contribution in [0.15, 0.2) is 47.3 Å². The Bertz CT molecular complexity index is 1080. The number of hydrogen-bond donors (Lipinski definition) is 2. The zero-order valence-electron chi connectivity index (χ0n) is 15.3. The molecule has 8 heteroatoms. The molecule has 0 aliphatic heterocycles. The molecule has 0 radical (unpaired) electrons. The smallest absolute Gasteiger partial charge is 0.329 e. The summed E-state index contributed by atoms with van der Waals surface area (Å²) in [5.41, 5.74) is 1.88. The van der Waals surface area contributed by atoms with Gasteiger partial charge in [-0.05, 0) is 30.3 Å². The fourth-order valence-corrected chi connectivity index (χ4v) is 2.94. The van der Waals surface area contributed by atoms with Crippen LogP contribution in [0.1, 0.15) is 10.4 Å². The number of fused-ring (bicyclic) bond motifs is 1. The maximum absolute atomic E-state index is 12.6. The molecule has 0 saturated heterocycles. The van der Waals surface area contributed by atoms with Gasteiger partial charge in [-0.2, -0.15) is 0 Å². The molecular formula is C19H20N4O4. The van der Waals surface area contributed by atoms with Crippen molar-refractivity contribution in [1.29, 1.82) is 0 Å². The van der Waals surface area contributed by atoms with Crippen molar-refractivity contribution in [1.82, 2.24) is 14.5 Å². The van der Waals surface area contributed by atoms with Gasteiger partial charge in [0.2, 0.25) is 5.91 Å². The van der Waals surface area contributed by atoms with E-state index in [2.05, 4.69) is 10.6 Å². The van der Waals surface area contributed by atoms with E-state index >= 15 is 0 Å². The summed E-state index contributed by atoms with van der Waals surface area (Å²) in [7, 11) is 4.66. The van der Waals surface area contributed by atoms with Crippen molar-refractivity contribution in [3.8, 4) is 5.75 Å². The van der Waals surface area contributed by atoms with Crippen LogP contribution in [-0.4, -0.2) is 35.1 Å². The molecule has 140 valence electrons. The first-order chi connectivity index (χ1) is 13.0. The lowest BCUT2D eigenvalue weighted by Crippen LogP contribution is -2.28. The van der Waals surface area contributed by atoms with Crippen molar-refractivity contribution in [2.24, 2.45) is 7.05 Å². The van der Waals surface area contributed by atoms with E-state index in [1.54, 1.807) is 25.2 Å². The zero-order valence-corrected chi connectivity index (χ0v) is 15.3. The van der Waals surface area contributed by atoms with Gasteiger partial charge in [0.15, 0.2) is 0 Å². The maximum atomic E-state index is 12.6. The molecule has 27 heavy (non-hydrogen) atoms. The number of carbonyl (C=O) groups excluding carboxylic acids is 2. The Morgan fingerprint density at radius 3 is 2.48 bits per heavy atom. The number of aromatic nitrogens is 2. The van der Waals surface area contributed by atoms with Gasteiger partial charge in [0, 0.05) is 19.7 Å². The number of ether oxygens (including phenoxy) is 1. The molecule has 0 bridgehead atoms. The van der Waals surface area contributed by atoms with E-state index in [9.17, 15) is 14.4 Å². The van der Waals surface area contributed by atoms with Crippen LogP contribution in [0, 0.1) is 0 Å². The molecule has 1 heterocycles. The van der Waals surface area contributed by atoms with E-state index in [1.807, 2.05) is 18.2 Å². The highest BCUT2D eigenvalue weighted by Gasteiger charge is 2.15. The van der Waals surface area contributed by atoms with Gasteiger partial charge in [-0.3, -0.25) is 18.7 Å². The van der Waals surface area contributed by atoms with Gasteiger partial charge in [0.25, 0.3) is 5.91 Å². The minimum absolute atomic E-state index is 0.159. The first-order valence-electron chi connectivity index (χ1n) is 8.30. The molecule has 0 spiro atoms. The number of benzene rings is 2. The quantitative estimate of drug-likeness (QED) is 0.711. The third-order valence-corrected chi connectivity index (χ3v) is 4.32. The van der Waals surface area contributed by atoms with Crippen molar-refractivity contribution < 1.29 is 14.3 Å². The number of amides is 2. The number of aryl methyl sites for hydroxylation is 1. The molecule has 2 amide bonds. The molecule has 2 N–H and O–H groups in total. The Kier molecular flexibility index (Phi) is 4.98. The predicted octanol–water partition coefficient (Wildman–Crippen LogP) is 1.35. The van der Waals surface area contributed by atoms with Crippen molar-refractivity contribution in [2.75, 3.05) is 19.5 Å². The number of rotatable bonds is 5. The Balaban J connectivity index is 1.90. The highest BCUT2D eigenvalue weighted by Crippen LogP contribution is 2.25. The second-order valence-corrected chi connectivity index (χ2v) is 5.96. The molecule has 0 saturated carbocycles. The third-order valence-electron chi connectivity index (χ3n) is 4.32. The molecule has 0 aliphatic carbocycles. The molecule has 0 unspecified atom stereocenters. The second-order valence-electron chi connectivity index (χ2n) is 5.96. The Morgan fingerprint density at radius 2 is 1.81 bits per heavy atom. The van der Waals surface area contributed by atoms with Gasteiger partial charge < -0.3 is 15.4 Å². The summed E-state index contributed by atoms with van der Waals surface area (Å²) in [4.78, 5) is 36.8. The van der Waals surface area contributed by atoms with Crippen LogP contribution in [0.5, 0.6) is 5.75 Å². The summed E-state index contributed by atoms with van der Waals surface area (Å²) in [6.07, 6.45) is 0. The van der Waals surface area contributed by atoms with Crippen molar-refractivity contribution in [3.63, 3.8) is 0 Å². The van der Waals surface area contributed by atoms with E-state index in [1.165, 1.54) is 29.4 Å². The molecule has 1 aromatic heterocycles. The van der Waals surface area contributed by atoms with Crippen molar-refractivity contribution >= 4 is 28.5 Å². The van der Waals surface area contributed by atoms with Crippen LogP contribution in [0.25, 0.3) is 11.0 Å². The zero-order chi connectivity index (χ0) is 19.6. The number of methoxy groups -OCH3 is 1. The lowest BCUT2D eigenvalue weighted by Gasteiger charge is -2.12. The number of hydrogen-bond acceptors (Lipinski definition) is 4. The van der Waals surface area contributed by atoms with Crippen LogP contribution in [0.2, 0.25) is 0 Å². The van der Waals surface area contributed by atoms with Gasteiger partial charge in [0.05, 0.1) is 23.8 Å². The highest BCUT2D eigenvalue weighted by atomic mass is 16.5. The minimum atomic E-state index is -0.402. The maximum Gasteiger partial charge on any atom is 0.329 e. The number of nitrogens with one attached hydrogen (secondary N) is 2. The van der Waals surface area contributed by atoms with Gasteiger partial charge in [-0.1, -0.05) is 12.1 Å². The standard InChI is InChI=1S/C19H20N4O4/c1-20-18(25)12-8-9-16(27-3)13(10-12)21-17(24)11-23-15-7-5-4-6-14(15)22(2)19(23)26/h4-10H,11H2,1-3H3,(H,20,25)(H,21,24). The SMILES string of the molecule is CNC(=O)c1ccc(OC)c(NC(=O)Cn2c(=O)n(C)c3ccccc32)c1. The summed E-state index contributed by atoms with van der Waals surface area (Å²) < 4.78 is 8.14. The molecule has 8 nitrogen and oxygen atoms in total. The van der Waals surface area contributed by atoms with E-state index in [0.29, 0.717) is 22.5 Å². The summed E-state index contributed by atoms with van der Waals surface area (Å²) >= 11 is 0. The summed E-state index contributed by atoms with van der Waals surface area (Å²) in [6.45, 7) is -0.159. The summed E-state index contributed by atoms with van der Waals surface area (Å²) in [5, 5.41) is 5.25. The third kappa shape index (κ3) is 3.41. The monoisotopic (exact) mass is 368 g/mol. The normalized spacial score (nSPS) is 10.6. The Morgan fingerprint density at radius 1 is 1.11 bits per heavy atom. The highest BCUT2D eigenvalue weighted by molar-refractivity contribution is 5.98. The van der Waals surface area contributed by atoms with Crippen molar-refractivity contribution in [2.45, 2.75) is 6.54 Å². The van der Waals surface area contributed by atoms with Gasteiger partial charge in [-0.15, -0.1) is 0 Å². The Hall–Kier alpha value is -3.55. The number of para-hydroxylation sites is 2. The Labute approximate surface area is 155 Å². The number of imidazole rings is 1. The number of carbonyl (C=O) groups is 2. The first kappa shape index (κ1) is 18.2. The van der Waals surface area contributed by atoms with Gasteiger partial charge in [-0.25, -0.2) is 4.79 Å². The van der Waals surface area contributed by atoms with Crippen LogP contribution in [0.3, 0.4) is 0 Å². The van der Waals surface area contributed by atoms with Crippen molar-refractivity contribution in [3.05, 3.63) is 58.5 Å². The van der Waals surface area contributed by atoms with Crippen LogP contribution in [0.4, 0.5) is 5.69 Å². The lowest BCUT2D eigenvalue weighted by molar-refractivity contribution is -0.116. The summed E-state index contributed by atoms with van der Waals surface area (Å²) in [6, 6.07) is 12.0. The lowest BCUT2D eigenvalue weighted by atomic mass is 10.1. The van der Waals surface area contributed by atoms with Gasteiger partial charge in [0.1, 0.15) is 12.3 Å². The van der Waals surface area contributed by atoms with Crippen LogP contribution < -0.4 is 21.1 Å². The number of nitrogens with zero attached hydrogens (tertiary/aromatic N) is 2. The van der Waals surface area contributed by atoms with E-state index in [-0.39, 0.29) is 18.1 Å². The molecule has 0 atom stereocenters. The van der Waals surface area contributed by atoms with Crippen LogP contribution in [-0.2, 0) is 18.4 Å². The largest absolute Gasteiger partial charge is 0.495 e. The van der Waals surface area contributed by atoms with Gasteiger partial charge >= 0.3 is 5.69 Å². The average molecular weight is 368 g/mol. The molecule has 0 aliphatic rings. The number of anilines is 1. The van der Waals surface area contributed by atoms with Crippen LogP contribution >= 0.6 is 0 Å². The topological polar surface area (TPSA) is 94.4 Å². The fraction of sp³-hybridized carbons (Fsp3) is 0.211. The van der Waals surface area contributed by atoms with E-state index in [4.69, 9.17) is 4.74 Å². The van der Waals surface area contributed by atoms with E-state index in [0.717, 1.165) is 5.52 Å². The minimum Gasteiger partial charge on any atom is -0.495 e. The first-order valence-corrected chi connectivity index (χ1v) is 8.30. The second kappa shape index (κ2) is 7.36. The summed E-state index contributed by atoms with van der Waals surface area (Å²) in [5.74, 6) is -0.263. The molecule has 3 aromatic rings. The molecule has 3 rings (SSSR count).